The SMILES string of the molecule is Clc1ccc2c(c1)[Te]c1ccccc1O2. The van der Waals surface area contributed by atoms with E-state index in [0.29, 0.717) is 0 Å². The molecule has 3 rings (SSSR count). The molecule has 0 aliphatic carbocycles. The van der Waals surface area contributed by atoms with Crippen LogP contribution in [0.5, 0.6) is 11.5 Å². The van der Waals surface area contributed by atoms with E-state index in [-0.39, 0.29) is 20.9 Å². The summed E-state index contributed by atoms with van der Waals surface area (Å²) < 4.78 is 8.44. The molecule has 0 spiro atoms. The maximum absolute atomic E-state index is 5.97. The molecule has 74 valence electrons. The van der Waals surface area contributed by atoms with Crippen LogP contribution in [0.3, 0.4) is 0 Å². The van der Waals surface area contributed by atoms with Crippen molar-refractivity contribution in [3.05, 3.63) is 47.5 Å². The molecule has 0 radical (unpaired) electrons. The van der Waals surface area contributed by atoms with Crippen molar-refractivity contribution in [2.45, 2.75) is 0 Å². The van der Waals surface area contributed by atoms with Gasteiger partial charge in [0.2, 0.25) is 0 Å². The summed E-state index contributed by atoms with van der Waals surface area (Å²) in [6.45, 7) is 0. The van der Waals surface area contributed by atoms with E-state index >= 15 is 0 Å². The Labute approximate surface area is 103 Å². The normalized spacial score (nSPS) is 12.6. The van der Waals surface area contributed by atoms with E-state index in [1.165, 1.54) is 7.22 Å². The van der Waals surface area contributed by atoms with Gasteiger partial charge in [0.05, 0.1) is 0 Å². The van der Waals surface area contributed by atoms with E-state index in [0.717, 1.165) is 16.5 Å². The molecule has 15 heavy (non-hydrogen) atoms. The van der Waals surface area contributed by atoms with E-state index in [1.54, 1.807) is 0 Å². The topological polar surface area (TPSA) is 9.23 Å². The van der Waals surface area contributed by atoms with Gasteiger partial charge in [-0.1, -0.05) is 0 Å². The number of hydrogen-bond acceptors (Lipinski definition) is 1. The summed E-state index contributed by atoms with van der Waals surface area (Å²) in [6.07, 6.45) is 0. The second-order valence-electron chi connectivity index (χ2n) is 3.24. The Morgan fingerprint density at radius 2 is 1.73 bits per heavy atom. The van der Waals surface area contributed by atoms with Crippen molar-refractivity contribution in [3.8, 4) is 11.5 Å². The van der Waals surface area contributed by atoms with Gasteiger partial charge in [0.1, 0.15) is 0 Å². The number of para-hydroxylation sites is 1. The molecular weight excluding hydrogens is 323 g/mol. The zero-order chi connectivity index (χ0) is 10.3. The maximum atomic E-state index is 5.97. The minimum absolute atomic E-state index is 0.341. The molecule has 0 bridgehead atoms. The molecule has 1 aliphatic rings. The molecule has 0 unspecified atom stereocenters. The molecule has 0 N–H and O–H groups in total. The van der Waals surface area contributed by atoms with Gasteiger partial charge in [0, 0.05) is 0 Å². The van der Waals surface area contributed by atoms with Crippen LogP contribution in [-0.4, -0.2) is 20.9 Å². The number of ether oxygens (including phenoxy) is 1. The minimum atomic E-state index is -0.341. The second kappa shape index (κ2) is 3.72. The van der Waals surface area contributed by atoms with Crippen LogP contribution in [0.15, 0.2) is 42.5 Å². The molecule has 2 aromatic rings. The van der Waals surface area contributed by atoms with Crippen molar-refractivity contribution in [1.29, 1.82) is 0 Å². The van der Waals surface area contributed by atoms with Crippen LogP contribution in [0.2, 0.25) is 5.02 Å². The Hall–Kier alpha value is -0.680. The summed E-state index contributed by atoms with van der Waals surface area (Å²) in [5.41, 5.74) is 0. The first kappa shape index (κ1) is 9.54. The van der Waals surface area contributed by atoms with Crippen LogP contribution < -0.4 is 12.0 Å². The van der Waals surface area contributed by atoms with Gasteiger partial charge in [-0.2, -0.15) is 0 Å². The molecular formula is C12H7ClOTe. The molecule has 0 fully saturated rings. The van der Waals surface area contributed by atoms with Gasteiger partial charge in [0.25, 0.3) is 0 Å². The van der Waals surface area contributed by atoms with Crippen LogP contribution in [0, 0.1) is 0 Å². The van der Waals surface area contributed by atoms with Crippen molar-refractivity contribution in [2.24, 2.45) is 0 Å². The van der Waals surface area contributed by atoms with E-state index in [9.17, 15) is 0 Å². The van der Waals surface area contributed by atoms with Gasteiger partial charge >= 0.3 is 103 Å². The standard InChI is InChI=1S/C12H7ClOTe/c13-8-5-6-10-12(7-8)15-11-4-2-1-3-9(11)14-10/h1-7H. The molecule has 1 aliphatic heterocycles. The number of fused-ring (bicyclic) bond motifs is 2. The fourth-order valence-corrected chi connectivity index (χ4v) is 4.70. The molecule has 0 aromatic heterocycles. The van der Waals surface area contributed by atoms with E-state index in [1.807, 2.05) is 30.3 Å². The third-order valence-electron chi connectivity index (χ3n) is 2.19. The molecule has 0 amide bonds. The monoisotopic (exact) mass is 332 g/mol. The summed E-state index contributed by atoms with van der Waals surface area (Å²) in [4.78, 5) is 0. The molecule has 0 saturated carbocycles. The quantitative estimate of drug-likeness (QED) is 0.574. The van der Waals surface area contributed by atoms with Crippen LogP contribution >= 0.6 is 11.6 Å². The first-order valence-corrected chi connectivity index (χ1v) is 7.28. The summed E-state index contributed by atoms with van der Waals surface area (Å²) in [6, 6.07) is 14.1. The van der Waals surface area contributed by atoms with Crippen molar-refractivity contribution in [2.75, 3.05) is 0 Å². The summed E-state index contributed by atoms with van der Waals surface area (Å²) in [5, 5.41) is 0.793. The fourth-order valence-electron chi connectivity index (χ4n) is 1.50. The third-order valence-corrected chi connectivity index (χ3v) is 5.56. The number of benzene rings is 2. The van der Waals surface area contributed by atoms with Crippen LogP contribution in [0.25, 0.3) is 0 Å². The average Bonchev–Trinajstić information content (AvgIpc) is 2.26. The Morgan fingerprint density at radius 1 is 0.933 bits per heavy atom. The molecule has 0 atom stereocenters. The Morgan fingerprint density at radius 3 is 2.67 bits per heavy atom. The van der Waals surface area contributed by atoms with Crippen LogP contribution in [0.1, 0.15) is 0 Å². The Balaban J connectivity index is 2.11. The predicted octanol–water partition coefficient (Wildman–Crippen LogP) is 2.10. The second-order valence-corrected chi connectivity index (χ2v) is 6.77. The van der Waals surface area contributed by atoms with E-state index < -0.39 is 0 Å². The Bertz CT molecular complexity index is 525. The molecule has 2 aromatic carbocycles. The van der Waals surface area contributed by atoms with Crippen LogP contribution in [-0.2, 0) is 0 Å². The number of hydrogen-bond donors (Lipinski definition) is 0. The molecule has 0 saturated heterocycles. The van der Waals surface area contributed by atoms with E-state index in [2.05, 4.69) is 12.1 Å². The van der Waals surface area contributed by atoms with Gasteiger partial charge < -0.3 is 0 Å². The molecule has 3 heteroatoms. The molecule has 1 nitrogen and oxygen atoms in total. The average molecular weight is 330 g/mol. The van der Waals surface area contributed by atoms with Crippen LogP contribution in [0.4, 0.5) is 0 Å². The first-order chi connectivity index (χ1) is 7.33. The zero-order valence-corrected chi connectivity index (χ0v) is 10.8. The predicted molar refractivity (Wildman–Crippen MR) is 63.0 cm³/mol. The van der Waals surface area contributed by atoms with Gasteiger partial charge in [-0.25, -0.2) is 0 Å². The van der Waals surface area contributed by atoms with Gasteiger partial charge in [-0.3, -0.25) is 0 Å². The molecule has 1 heterocycles. The fraction of sp³-hybridized carbons (Fsp3) is 0. The van der Waals surface area contributed by atoms with Crippen molar-refractivity contribution >= 4 is 39.7 Å². The van der Waals surface area contributed by atoms with E-state index in [4.69, 9.17) is 16.3 Å². The summed E-state index contributed by atoms with van der Waals surface area (Å²) in [7, 11) is 0. The summed E-state index contributed by atoms with van der Waals surface area (Å²) >= 11 is 5.63. The van der Waals surface area contributed by atoms with Gasteiger partial charge in [-0.15, -0.1) is 0 Å². The summed E-state index contributed by atoms with van der Waals surface area (Å²) in [5.74, 6) is 1.98. The zero-order valence-electron chi connectivity index (χ0n) is 7.74. The number of rotatable bonds is 0. The van der Waals surface area contributed by atoms with Crippen molar-refractivity contribution < 1.29 is 4.74 Å². The Kier molecular flexibility index (Phi) is 2.36. The third kappa shape index (κ3) is 1.74. The first-order valence-electron chi connectivity index (χ1n) is 4.57. The van der Waals surface area contributed by atoms with Crippen molar-refractivity contribution in [3.63, 3.8) is 0 Å². The van der Waals surface area contributed by atoms with Gasteiger partial charge in [-0.05, 0) is 0 Å². The number of halogens is 1. The van der Waals surface area contributed by atoms with Gasteiger partial charge in [0.15, 0.2) is 0 Å². The van der Waals surface area contributed by atoms with Crippen molar-refractivity contribution in [1.82, 2.24) is 0 Å².